The normalized spacial score (nSPS) is 16.2. The van der Waals surface area contributed by atoms with Crippen molar-refractivity contribution in [3.05, 3.63) is 77.6 Å². The van der Waals surface area contributed by atoms with E-state index in [1.807, 2.05) is 47.4 Å². The summed E-state index contributed by atoms with van der Waals surface area (Å²) in [5, 5.41) is 3.91. The van der Waals surface area contributed by atoms with Crippen LogP contribution in [0, 0.1) is 0 Å². The number of hydrogen-bond donors (Lipinski definition) is 1. The molecule has 30 heavy (non-hydrogen) atoms. The summed E-state index contributed by atoms with van der Waals surface area (Å²) in [5.74, 6) is 0.0168. The second-order valence-electron chi connectivity index (χ2n) is 7.30. The molecule has 1 saturated heterocycles. The maximum atomic E-state index is 13.2. The summed E-state index contributed by atoms with van der Waals surface area (Å²) >= 11 is 6.01. The zero-order valence-electron chi connectivity index (χ0n) is 16.1. The van der Waals surface area contributed by atoms with Gasteiger partial charge in [-0.25, -0.2) is 0 Å². The van der Waals surface area contributed by atoms with Gasteiger partial charge in [-0.05, 0) is 36.2 Å². The van der Waals surface area contributed by atoms with Gasteiger partial charge in [-0.1, -0.05) is 35.9 Å². The van der Waals surface area contributed by atoms with E-state index in [1.54, 1.807) is 24.5 Å². The second kappa shape index (κ2) is 7.80. The number of aromatic nitrogens is 2. The van der Waals surface area contributed by atoms with Crippen LogP contribution in [-0.2, 0) is 0 Å². The molecule has 0 bridgehead atoms. The number of carbonyl (C=O) groups is 1. The highest BCUT2D eigenvalue weighted by atomic mass is 35.5. The third-order valence-corrected chi connectivity index (χ3v) is 5.52. The lowest BCUT2D eigenvalue weighted by molar-refractivity contribution is 0.0792. The monoisotopic (exact) mass is 418 g/mol. The van der Waals surface area contributed by atoms with Gasteiger partial charge in [0.15, 0.2) is 5.58 Å². The average Bonchev–Trinajstić information content (AvgIpc) is 3.40. The topological polar surface area (TPSA) is 71.3 Å². The summed E-state index contributed by atoms with van der Waals surface area (Å²) in [6.07, 6.45) is 4.32. The third kappa shape index (κ3) is 3.62. The highest BCUT2D eigenvalue weighted by molar-refractivity contribution is 6.31. The van der Waals surface area contributed by atoms with Gasteiger partial charge >= 0.3 is 0 Å². The maximum Gasteiger partial charge on any atom is 0.295 e. The molecule has 0 radical (unpaired) electrons. The molecule has 4 aromatic rings. The highest BCUT2D eigenvalue weighted by Crippen LogP contribution is 2.27. The standard InChI is InChI=1S/C23H19ClN4O2/c24-16-7-8-20-21(12-16)30-23(27-20)26-17-9-11-28(14-17)22(29)19-6-2-1-5-18(19)15-4-3-10-25-13-15/h1-8,10,12-13,17H,9,11,14H2,(H,26,27). The molecule has 3 heterocycles. The van der Waals surface area contributed by atoms with Crippen molar-refractivity contribution in [2.45, 2.75) is 12.5 Å². The lowest BCUT2D eigenvalue weighted by Gasteiger charge is -2.18. The van der Waals surface area contributed by atoms with E-state index >= 15 is 0 Å². The predicted molar refractivity (Wildman–Crippen MR) is 117 cm³/mol. The van der Waals surface area contributed by atoms with Crippen molar-refractivity contribution in [1.82, 2.24) is 14.9 Å². The third-order valence-electron chi connectivity index (χ3n) is 5.28. The number of hydrogen-bond acceptors (Lipinski definition) is 5. The fourth-order valence-electron chi connectivity index (χ4n) is 3.81. The molecule has 1 fully saturated rings. The number of halogens is 1. The van der Waals surface area contributed by atoms with Crippen molar-refractivity contribution in [1.29, 1.82) is 0 Å². The summed E-state index contributed by atoms with van der Waals surface area (Å²) in [6.45, 7) is 1.25. The summed E-state index contributed by atoms with van der Waals surface area (Å²) in [7, 11) is 0. The Kier molecular flexibility index (Phi) is 4.85. The van der Waals surface area contributed by atoms with Crippen LogP contribution in [0.15, 0.2) is 71.4 Å². The molecule has 1 unspecified atom stereocenters. The first-order chi connectivity index (χ1) is 14.7. The smallest absolute Gasteiger partial charge is 0.295 e. The van der Waals surface area contributed by atoms with Crippen molar-refractivity contribution in [2.75, 3.05) is 18.4 Å². The van der Waals surface area contributed by atoms with E-state index in [0.717, 1.165) is 23.1 Å². The Morgan fingerprint density at radius 2 is 2.07 bits per heavy atom. The van der Waals surface area contributed by atoms with Crippen LogP contribution < -0.4 is 5.32 Å². The molecule has 0 aliphatic carbocycles. The van der Waals surface area contributed by atoms with E-state index < -0.39 is 0 Å². The number of nitrogens with one attached hydrogen (secondary N) is 1. The van der Waals surface area contributed by atoms with Crippen molar-refractivity contribution < 1.29 is 9.21 Å². The zero-order valence-corrected chi connectivity index (χ0v) is 16.8. The first-order valence-corrected chi connectivity index (χ1v) is 10.2. The molecule has 1 N–H and O–H groups in total. The van der Waals surface area contributed by atoms with Crippen LogP contribution in [0.2, 0.25) is 5.02 Å². The molecule has 2 aromatic heterocycles. The van der Waals surface area contributed by atoms with E-state index in [0.29, 0.717) is 35.3 Å². The Balaban J connectivity index is 1.32. The molecule has 1 aliphatic heterocycles. The predicted octanol–water partition coefficient (Wildman–Crippen LogP) is 4.87. The van der Waals surface area contributed by atoms with Gasteiger partial charge in [0, 0.05) is 53.7 Å². The number of oxazole rings is 1. The molecule has 150 valence electrons. The van der Waals surface area contributed by atoms with Gasteiger partial charge in [0.25, 0.3) is 11.9 Å². The number of carbonyl (C=O) groups excluding carboxylic acids is 1. The van der Waals surface area contributed by atoms with Gasteiger partial charge in [-0.3, -0.25) is 9.78 Å². The molecule has 1 atom stereocenters. The van der Waals surface area contributed by atoms with Crippen LogP contribution in [0.5, 0.6) is 0 Å². The lowest BCUT2D eigenvalue weighted by Crippen LogP contribution is -2.32. The Morgan fingerprint density at radius 1 is 1.17 bits per heavy atom. The van der Waals surface area contributed by atoms with E-state index in [4.69, 9.17) is 16.0 Å². The largest absolute Gasteiger partial charge is 0.423 e. The first-order valence-electron chi connectivity index (χ1n) is 9.79. The molecular formula is C23H19ClN4O2. The SMILES string of the molecule is O=C(c1ccccc1-c1cccnc1)N1CCC(Nc2nc3ccc(Cl)cc3o2)C1. The van der Waals surface area contributed by atoms with Crippen molar-refractivity contribution in [3.8, 4) is 11.1 Å². The van der Waals surface area contributed by atoms with Gasteiger partial charge in [0.05, 0.1) is 0 Å². The number of benzene rings is 2. The minimum Gasteiger partial charge on any atom is -0.423 e. The van der Waals surface area contributed by atoms with Gasteiger partial charge in [-0.2, -0.15) is 4.98 Å². The first kappa shape index (κ1) is 18.6. The van der Waals surface area contributed by atoms with E-state index in [1.165, 1.54) is 0 Å². The Morgan fingerprint density at radius 3 is 2.93 bits per heavy atom. The molecule has 5 rings (SSSR count). The summed E-state index contributed by atoms with van der Waals surface area (Å²) in [5.41, 5.74) is 3.89. The summed E-state index contributed by atoms with van der Waals surface area (Å²) < 4.78 is 5.75. The highest BCUT2D eigenvalue weighted by Gasteiger charge is 2.29. The molecule has 1 amide bonds. The van der Waals surface area contributed by atoms with E-state index in [9.17, 15) is 4.79 Å². The van der Waals surface area contributed by atoms with Crippen LogP contribution in [0.1, 0.15) is 16.8 Å². The number of fused-ring (bicyclic) bond motifs is 1. The van der Waals surface area contributed by atoms with Crippen LogP contribution in [0.25, 0.3) is 22.2 Å². The van der Waals surface area contributed by atoms with Crippen molar-refractivity contribution >= 4 is 34.6 Å². The summed E-state index contributed by atoms with van der Waals surface area (Å²) in [4.78, 5) is 23.7. The second-order valence-corrected chi connectivity index (χ2v) is 7.74. The fourth-order valence-corrected chi connectivity index (χ4v) is 3.97. The minimum absolute atomic E-state index is 0.0168. The number of pyridine rings is 1. The van der Waals surface area contributed by atoms with Gasteiger partial charge < -0.3 is 14.6 Å². The van der Waals surface area contributed by atoms with Crippen LogP contribution in [0.3, 0.4) is 0 Å². The molecule has 7 heteroatoms. The quantitative estimate of drug-likeness (QED) is 0.512. The van der Waals surface area contributed by atoms with Gasteiger partial charge in [-0.15, -0.1) is 0 Å². The van der Waals surface area contributed by atoms with Crippen molar-refractivity contribution in [3.63, 3.8) is 0 Å². The molecule has 0 spiro atoms. The molecule has 0 saturated carbocycles. The number of likely N-dealkylation sites (tertiary alicyclic amines) is 1. The summed E-state index contributed by atoms with van der Waals surface area (Å²) in [6, 6.07) is 17.4. The van der Waals surface area contributed by atoms with Crippen molar-refractivity contribution in [2.24, 2.45) is 0 Å². The average molecular weight is 419 g/mol. The molecular weight excluding hydrogens is 400 g/mol. The lowest BCUT2D eigenvalue weighted by atomic mass is 10.0. The molecule has 2 aromatic carbocycles. The van der Waals surface area contributed by atoms with Gasteiger partial charge in [0.1, 0.15) is 5.52 Å². The Labute approximate surface area is 178 Å². The maximum absolute atomic E-state index is 13.2. The zero-order chi connectivity index (χ0) is 20.5. The Bertz CT molecular complexity index is 1210. The van der Waals surface area contributed by atoms with Crippen LogP contribution in [-0.4, -0.2) is 39.9 Å². The Hall–Kier alpha value is -3.38. The van der Waals surface area contributed by atoms with Gasteiger partial charge in [0.2, 0.25) is 0 Å². The van der Waals surface area contributed by atoms with E-state index in [-0.39, 0.29) is 11.9 Å². The fraction of sp³-hybridized carbons (Fsp3) is 0.174. The van der Waals surface area contributed by atoms with Crippen LogP contribution in [0.4, 0.5) is 6.01 Å². The number of anilines is 1. The number of amides is 1. The molecule has 6 nitrogen and oxygen atoms in total. The number of nitrogens with zero attached hydrogens (tertiary/aromatic N) is 3. The molecule has 1 aliphatic rings. The van der Waals surface area contributed by atoms with Crippen LogP contribution >= 0.6 is 11.6 Å². The minimum atomic E-state index is 0.0168. The van der Waals surface area contributed by atoms with E-state index in [2.05, 4.69) is 15.3 Å². The number of rotatable bonds is 4.